The zero-order valence-corrected chi connectivity index (χ0v) is 15.5. The summed E-state index contributed by atoms with van der Waals surface area (Å²) in [7, 11) is 0. The number of unbranched alkanes of at least 4 members (excludes halogenated alkanes) is 1. The van der Waals surface area contributed by atoms with Crippen LogP contribution < -0.4 is 16.2 Å². The molecule has 0 radical (unpaired) electrons. The Bertz CT molecular complexity index is 785. The fourth-order valence-corrected chi connectivity index (χ4v) is 2.64. The van der Waals surface area contributed by atoms with E-state index in [4.69, 9.17) is 0 Å². The smallest absolute Gasteiger partial charge is 0.250 e. The van der Waals surface area contributed by atoms with E-state index >= 15 is 0 Å². The van der Waals surface area contributed by atoms with Crippen LogP contribution in [0.3, 0.4) is 0 Å². The van der Waals surface area contributed by atoms with Gasteiger partial charge in [-0.2, -0.15) is 0 Å². The average Bonchev–Trinajstić information content (AvgIpc) is 2.62. The molecule has 0 spiro atoms. The van der Waals surface area contributed by atoms with Crippen LogP contribution in [0.5, 0.6) is 0 Å². The molecule has 0 bridgehead atoms. The van der Waals surface area contributed by atoms with E-state index in [-0.39, 0.29) is 11.4 Å². The molecule has 1 heterocycles. The van der Waals surface area contributed by atoms with Crippen LogP contribution in [0.15, 0.2) is 52.3 Å². The van der Waals surface area contributed by atoms with Crippen molar-refractivity contribution in [1.82, 2.24) is 15.2 Å². The predicted octanol–water partition coefficient (Wildman–Crippen LogP) is 2.83. The van der Waals surface area contributed by atoms with E-state index in [0.29, 0.717) is 24.6 Å². The number of hydrogen-bond acceptors (Lipinski definition) is 2. The molecule has 0 unspecified atom stereocenters. The van der Waals surface area contributed by atoms with Gasteiger partial charge in [0.25, 0.3) is 5.56 Å². The van der Waals surface area contributed by atoms with Gasteiger partial charge < -0.3 is 15.2 Å². The van der Waals surface area contributed by atoms with Crippen LogP contribution in [0.2, 0.25) is 0 Å². The van der Waals surface area contributed by atoms with Gasteiger partial charge in [-0.05, 0) is 38.8 Å². The van der Waals surface area contributed by atoms with Crippen LogP contribution in [0, 0.1) is 12.7 Å². The van der Waals surface area contributed by atoms with Crippen molar-refractivity contribution in [1.29, 1.82) is 0 Å². The molecule has 140 valence electrons. The van der Waals surface area contributed by atoms with Gasteiger partial charge in [-0.15, -0.1) is 0 Å². The number of hydrogen-bond donors (Lipinski definition) is 2. The maximum absolute atomic E-state index is 13.7. The lowest BCUT2D eigenvalue weighted by molar-refractivity contribution is 0.574. The number of halogens is 1. The number of aryl methyl sites for hydroxylation is 1. The quantitative estimate of drug-likeness (QED) is 0.433. The van der Waals surface area contributed by atoms with Gasteiger partial charge in [-0.25, -0.2) is 9.38 Å². The largest absolute Gasteiger partial charge is 0.357 e. The second-order valence-corrected chi connectivity index (χ2v) is 6.08. The molecule has 2 aromatic rings. The highest BCUT2D eigenvalue weighted by atomic mass is 19.1. The summed E-state index contributed by atoms with van der Waals surface area (Å²) >= 11 is 0. The minimum atomic E-state index is -0.240. The fraction of sp³-hybridized carbons (Fsp3) is 0.400. The molecule has 0 atom stereocenters. The first-order chi connectivity index (χ1) is 12.6. The molecule has 2 N–H and O–H groups in total. The second kappa shape index (κ2) is 10.4. The monoisotopic (exact) mass is 358 g/mol. The van der Waals surface area contributed by atoms with Crippen molar-refractivity contribution < 1.29 is 4.39 Å². The highest BCUT2D eigenvalue weighted by Gasteiger charge is 2.02. The number of rotatable bonds is 8. The Labute approximate surface area is 154 Å². The predicted molar refractivity (Wildman–Crippen MR) is 104 cm³/mol. The number of guanidine groups is 1. The minimum Gasteiger partial charge on any atom is -0.357 e. The zero-order chi connectivity index (χ0) is 18.8. The van der Waals surface area contributed by atoms with Gasteiger partial charge in [-0.3, -0.25) is 4.79 Å². The number of aromatic nitrogens is 1. The maximum atomic E-state index is 13.7. The minimum absolute atomic E-state index is 0.0396. The van der Waals surface area contributed by atoms with Crippen molar-refractivity contribution in [2.75, 3.05) is 13.1 Å². The van der Waals surface area contributed by atoms with Gasteiger partial charge in [0.1, 0.15) is 5.82 Å². The van der Waals surface area contributed by atoms with E-state index in [2.05, 4.69) is 15.6 Å². The maximum Gasteiger partial charge on any atom is 0.250 e. The fourth-order valence-electron chi connectivity index (χ4n) is 2.64. The number of aliphatic imine (C=N–C) groups is 1. The highest BCUT2D eigenvalue weighted by molar-refractivity contribution is 5.79. The molecule has 1 aromatic carbocycles. The van der Waals surface area contributed by atoms with Crippen molar-refractivity contribution in [2.24, 2.45) is 4.99 Å². The summed E-state index contributed by atoms with van der Waals surface area (Å²) in [5, 5.41) is 6.42. The topological polar surface area (TPSA) is 58.4 Å². The molecule has 1 aromatic heterocycles. The molecule has 0 aliphatic heterocycles. The lowest BCUT2D eigenvalue weighted by Gasteiger charge is -2.12. The molecule has 2 rings (SSSR count). The van der Waals surface area contributed by atoms with Gasteiger partial charge in [0.2, 0.25) is 0 Å². The first kappa shape index (κ1) is 19.7. The average molecular weight is 358 g/mol. The first-order valence-electron chi connectivity index (χ1n) is 9.04. The highest BCUT2D eigenvalue weighted by Crippen LogP contribution is 2.07. The van der Waals surface area contributed by atoms with Crippen molar-refractivity contribution in [3.05, 3.63) is 69.9 Å². The van der Waals surface area contributed by atoms with Gasteiger partial charge >= 0.3 is 0 Å². The zero-order valence-electron chi connectivity index (χ0n) is 15.5. The lowest BCUT2D eigenvalue weighted by atomic mass is 10.2. The van der Waals surface area contributed by atoms with E-state index < -0.39 is 0 Å². The van der Waals surface area contributed by atoms with Gasteiger partial charge in [0.05, 0.1) is 6.54 Å². The molecule has 0 saturated carbocycles. The van der Waals surface area contributed by atoms with E-state index in [1.54, 1.807) is 28.8 Å². The summed E-state index contributed by atoms with van der Waals surface area (Å²) in [4.78, 5) is 16.3. The summed E-state index contributed by atoms with van der Waals surface area (Å²) in [6, 6.07) is 12.0. The number of nitrogens with one attached hydrogen (secondary N) is 2. The van der Waals surface area contributed by atoms with Crippen LogP contribution in [0.4, 0.5) is 4.39 Å². The molecule has 26 heavy (non-hydrogen) atoms. The number of benzene rings is 1. The standard InChI is InChI=1S/C20H27FN4O/c1-3-22-20(24-15-17-10-4-5-11-18(17)21)23-13-6-7-14-25-16(2)9-8-12-19(25)26/h4-5,8-12H,3,6-7,13-15H2,1-2H3,(H2,22,23,24). The second-order valence-electron chi connectivity index (χ2n) is 6.08. The third-order valence-corrected chi connectivity index (χ3v) is 4.08. The van der Waals surface area contributed by atoms with Crippen LogP contribution in [0.1, 0.15) is 31.0 Å². The summed E-state index contributed by atoms with van der Waals surface area (Å²) in [6.45, 7) is 6.41. The Hall–Kier alpha value is -2.63. The van der Waals surface area contributed by atoms with Gasteiger partial charge in [-0.1, -0.05) is 24.3 Å². The number of pyridine rings is 1. The summed E-state index contributed by atoms with van der Waals surface area (Å²) in [5.41, 5.74) is 1.59. The summed E-state index contributed by atoms with van der Waals surface area (Å²) in [6.07, 6.45) is 1.80. The Balaban J connectivity index is 1.80. The van der Waals surface area contributed by atoms with Crippen LogP contribution in [-0.2, 0) is 13.1 Å². The number of nitrogens with zero attached hydrogens (tertiary/aromatic N) is 2. The Morgan fingerprint density at radius 3 is 2.65 bits per heavy atom. The van der Waals surface area contributed by atoms with Crippen molar-refractivity contribution in [3.8, 4) is 0 Å². The van der Waals surface area contributed by atoms with E-state index in [1.165, 1.54) is 6.07 Å². The summed E-state index contributed by atoms with van der Waals surface area (Å²) in [5.74, 6) is 0.430. The van der Waals surface area contributed by atoms with Crippen LogP contribution in [0.25, 0.3) is 0 Å². The molecule has 0 amide bonds. The lowest BCUT2D eigenvalue weighted by Crippen LogP contribution is -2.37. The molecular formula is C20H27FN4O. The van der Waals surface area contributed by atoms with Crippen LogP contribution in [-0.4, -0.2) is 23.6 Å². The van der Waals surface area contributed by atoms with E-state index in [9.17, 15) is 9.18 Å². The van der Waals surface area contributed by atoms with Crippen molar-refractivity contribution >= 4 is 5.96 Å². The molecular weight excluding hydrogens is 331 g/mol. The molecule has 0 aliphatic carbocycles. The normalized spacial score (nSPS) is 11.4. The van der Waals surface area contributed by atoms with Crippen LogP contribution >= 0.6 is 0 Å². The van der Waals surface area contributed by atoms with E-state index in [0.717, 1.165) is 31.6 Å². The third kappa shape index (κ3) is 6.02. The molecule has 0 fully saturated rings. The Morgan fingerprint density at radius 1 is 1.12 bits per heavy atom. The van der Waals surface area contributed by atoms with Crippen molar-refractivity contribution in [3.63, 3.8) is 0 Å². The third-order valence-electron chi connectivity index (χ3n) is 4.08. The van der Waals surface area contributed by atoms with E-state index in [1.807, 2.05) is 26.0 Å². The van der Waals surface area contributed by atoms with Crippen molar-refractivity contribution in [2.45, 2.75) is 39.8 Å². The van der Waals surface area contributed by atoms with Gasteiger partial charge in [0, 0.05) is 37.0 Å². The molecule has 0 saturated heterocycles. The molecule has 6 heteroatoms. The summed E-state index contributed by atoms with van der Waals surface area (Å²) < 4.78 is 15.5. The Kier molecular flexibility index (Phi) is 7.86. The first-order valence-corrected chi connectivity index (χ1v) is 9.04. The SMILES string of the molecule is CCNC(=NCc1ccccc1F)NCCCCn1c(C)cccc1=O. The molecule has 0 aliphatic rings. The van der Waals surface area contributed by atoms with Gasteiger partial charge in [0.15, 0.2) is 5.96 Å². The Morgan fingerprint density at radius 2 is 1.92 bits per heavy atom. The molecule has 5 nitrogen and oxygen atoms in total.